The number of carbonyl (C=O) groups is 1. The Morgan fingerprint density at radius 2 is 2.18 bits per heavy atom. The zero-order chi connectivity index (χ0) is 8.69. The lowest BCUT2D eigenvalue weighted by Crippen LogP contribution is -2.33. The molecule has 0 aliphatic carbocycles. The molecule has 11 heavy (non-hydrogen) atoms. The molecule has 0 rings (SSSR count). The van der Waals surface area contributed by atoms with Crippen LogP contribution < -0.4 is 5.32 Å². The van der Waals surface area contributed by atoms with Gasteiger partial charge in [0.15, 0.2) is 6.23 Å². The summed E-state index contributed by atoms with van der Waals surface area (Å²) in [5.74, 6) is 0. The van der Waals surface area contributed by atoms with Crippen LogP contribution >= 0.6 is 0 Å². The standard InChI is InChI=1S/C7H14NO3/c1-3-5-6(9)8-7(10)11-4-2/h6H,3-5H2,1-2H3,(H,8,10). The molecule has 0 fully saturated rings. The first-order valence-electron chi connectivity index (χ1n) is 3.79. The van der Waals surface area contributed by atoms with Gasteiger partial charge < -0.3 is 4.74 Å². The van der Waals surface area contributed by atoms with Gasteiger partial charge in [-0.3, -0.25) is 5.32 Å². The van der Waals surface area contributed by atoms with E-state index in [2.05, 4.69) is 10.1 Å². The van der Waals surface area contributed by atoms with Gasteiger partial charge in [0.2, 0.25) is 0 Å². The summed E-state index contributed by atoms with van der Waals surface area (Å²) in [6.07, 6.45) is -0.445. The van der Waals surface area contributed by atoms with Gasteiger partial charge in [0, 0.05) is 0 Å². The minimum absolute atomic E-state index is 0.296. The van der Waals surface area contributed by atoms with E-state index in [-0.39, 0.29) is 0 Å². The first-order valence-corrected chi connectivity index (χ1v) is 3.79. The number of alkyl carbamates (subject to hydrolysis) is 1. The summed E-state index contributed by atoms with van der Waals surface area (Å²) in [5.41, 5.74) is 0. The summed E-state index contributed by atoms with van der Waals surface area (Å²) < 4.78 is 4.51. The number of carbonyl (C=O) groups excluding carboxylic acids is 1. The molecule has 4 heteroatoms. The van der Waals surface area contributed by atoms with Crippen LogP contribution in [0.3, 0.4) is 0 Å². The van der Waals surface area contributed by atoms with Crippen LogP contribution in [-0.2, 0) is 9.84 Å². The van der Waals surface area contributed by atoms with Gasteiger partial charge in [0.25, 0.3) is 0 Å². The van der Waals surface area contributed by atoms with Crippen molar-refractivity contribution < 1.29 is 14.6 Å². The van der Waals surface area contributed by atoms with Crippen LogP contribution in [0.25, 0.3) is 0 Å². The minimum Gasteiger partial charge on any atom is -0.450 e. The van der Waals surface area contributed by atoms with E-state index in [0.717, 1.165) is 6.42 Å². The Morgan fingerprint density at radius 1 is 1.55 bits per heavy atom. The van der Waals surface area contributed by atoms with E-state index in [1.807, 2.05) is 6.92 Å². The summed E-state index contributed by atoms with van der Waals surface area (Å²) in [6, 6.07) is 0. The van der Waals surface area contributed by atoms with Crippen molar-refractivity contribution in [2.24, 2.45) is 0 Å². The molecule has 0 aromatic heterocycles. The van der Waals surface area contributed by atoms with Gasteiger partial charge >= 0.3 is 6.09 Å². The van der Waals surface area contributed by atoms with Crippen molar-refractivity contribution in [3.63, 3.8) is 0 Å². The predicted molar refractivity (Wildman–Crippen MR) is 39.5 cm³/mol. The maximum absolute atomic E-state index is 10.8. The Balaban J connectivity index is 3.40. The number of rotatable bonds is 4. The van der Waals surface area contributed by atoms with Crippen molar-refractivity contribution in [2.45, 2.75) is 32.9 Å². The normalized spacial score (nSPS) is 12.3. The molecule has 1 atom stereocenters. The lowest BCUT2D eigenvalue weighted by atomic mass is 10.3. The maximum atomic E-state index is 10.8. The number of hydrogen-bond acceptors (Lipinski definition) is 2. The Kier molecular flexibility index (Phi) is 5.56. The van der Waals surface area contributed by atoms with Gasteiger partial charge in [-0.1, -0.05) is 13.3 Å². The smallest absolute Gasteiger partial charge is 0.409 e. The molecule has 0 saturated carbocycles. The molecule has 1 N–H and O–H groups in total. The molecule has 0 aliphatic rings. The first-order chi connectivity index (χ1) is 5.20. The zero-order valence-corrected chi connectivity index (χ0v) is 6.92. The molecule has 0 aliphatic heterocycles. The van der Waals surface area contributed by atoms with Crippen molar-refractivity contribution in [2.75, 3.05) is 6.61 Å². The molecule has 1 amide bonds. The molecule has 4 nitrogen and oxygen atoms in total. The predicted octanol–water partition coefficient (Wildman–Crippen LogP) is 1.29. The molecule has 1 unspecified atom stereocenters. The second kappa shape index (κ2) is 5.97. The molecule has 1 radical (unpaired) electrons. The van der Waals surface area contributed by atoms with Crippen molar-refractivity contribution in [3.05, 3.63) is 0 Å². The van der Waals surface area contributed by atoms with Gasteiger partial charge in [-0.25, -0.2) is 9.90 Å². The van der Waals surface area contributed by atoms with Crippen LogP contribution in [0.4, 0.5) is 4.79 Å². The summed E-state index contributed by atoms with van der Waals surface area (Å²) in [6.45, 7) is 3.88. The SMILES string of the molecule is CCCC([O])NC(=O)OCC. The van der Waals surface area contributed by atoms with Crippen LogP contribution in [-0.4, -0.2) is 18.9 Å². The summed E-state index contributed by atoms with van der Waals surface area (Å²) in [7, 11) is 0. The highest BCUT2D eigenvalue weighted by molar-refractivity contribution is 5.67. The van der Waals surface area contributed by atoms with E-state index < -0.39 is 12.3 Å². The number of nitrogens with one attached hydrogen (secondary N) is 1. The van der Waals surface area contributed by atoms with Gasteiger partial charge in [-0.05, 0) is 13.3 Å². The van der Waals surface area contributed by atoms with Gasteiger partial charge in [-0.15, -0.1) is 0 Å². The van der Waals surface area contributed by atoms with Gasteiger partial charge in [0.1, 0.15) is 0 Å². The maximum Gasteiger partial charge on any atom is 0.409 e. The number of ether oxygens (including phenoxy) is 1. The fraction of sp³-hybridized carbons (Fsp3) is 0.857. The van der Waals surface area contributed by atoms with Crippen molar-refractivity contribution >= 4 is 6.09 Å². The molecule has 0 saturated heterocycles. The Bertz CT molecular complexity index is 116. The van der Waals surface area contributed by atoms with E-state index in [1.165, 1.54) is 0 Å². The lowest BCUT2D eigenvalue weighted by molar-refractivity contribution is 0.0446. The number of hydrogen-bond donors (Lipinski definition) is 1. The second-order valence-corrected chi connectivity index (χ2v) is 2.14. The summed E-state index contributed by atoms with van der Waals surface area (Å²) >= 11 is 0. The third kappa shape index (κ3) is 5.66. The van der Waals surface area contributed by atoms with Crippen LogP contribution in [0, 0.1) is 0 Å². The average molecular weight is 160 g/mol. The number of amides is 1. The highest BCUT2D eigenvalue weighted by Gasteiger charge is 2.08. The largest absolute Gasteiger partial charge is 0.450 e. The van der Waals surface area contributed by atoms with Gasteiger partial charge in [0.05, 0.1) is 6.61 Å². The molecule has 65 valence electrons. The molecule has 0 bridgehead atoms. The van der Waals surface area contributed by atoms with Gasteiger partial charge in [-0.2, -0.15) is 0 Å². The molecule has 0 aromatic rings. The average Bonchev–Trinajstić information content (AvgIpc) is 1.87. The van der Waals surface area contributed by atoms with E-state index in [1.54, 1.807) is 6.92 Å². The zero-order valence-electron chi connectivity index (χ0n) is 6.92. The highest BCUT2D eigenvalue weighted by atomic mass is 16.5. The molecule has 0 aromatic carbocycles. The minimum atomic E-state index is -1.03. The van der Waals surface area contributed by atoms with Crippen LogP contribution in [0.5, 0.6) is 0 Å². The monoisotopic (exact) mass is 160 g/mol. The van der Waals surface area contributed by atoms with E-state index in [4.69, 9.17) is 0 Å². The quantitative estimate of drug-likeness (QED) is 0.630. The summed E-state index contributed by atoms with van der Waals surface area (Å²) in [5, 5.41) is 13.0. The Hall–Kier alpha value is -0.770. The Labute approximate surface area is 66.5 Å². The first kappa shape index (κ1) is 10.2. The molecule has 0 heterocycles. The molecular weight excluding hydrogens is 146 g/mol. The van der Waals surface area contributed by atoms with Crippen molar-refractivity contribution in [3.8, 4) is 0 Å². The third-order valence-electron chi connectivity index (χ3n) is 1.11. The molecular formula is C7H14NO3. The van der Waals surface area contributed by atoms with Crippen LogP contribution in [0.15, 0.2) is 0 Å². The van der Waals surface area contributed by atoms with E-state index in [9.17, 15) is 9.90 Å². The molecule has 0 spiro atoms. The van der Waals surface area contributed by atoms with Crippen LogP contribution in [0.1, 0.15) is 26.7 Å². The highest BCUT2D eigenvalue weighted by Crippen LogP contribution is 1.92. The Morgan fingerprint density at radius 3 is 2.64 bits per heavy atom. The topological polar surface area (TPSA) is 58.2 Å². The fourth-order valence-electron chi connectivity index (χ4n) is 0.639. The van der Waals surface area contributed by atoms with Crippen molar-refractivity contribution in [1.82, 2.24) is 5.32 Å². The lowest BCUT2D eigenvalue weighted by Gasteiger charge is -2.08. The fourth-order valence-corrected chi connectivity index (χ4v) is 0.639. The van der Waals surface area contributed by atoms with E-state index in [0.29, 0.717) is 13.0 Å². The van der Waals surface area contributed by atoms with E-state index >= 15 is 0 Å². The summed E-state index contributed by atoms with van der Waals surface area (Å²) in [4.78, 5) is 10.6. The van der Waals surface area contributed by atoms with Crippen molar-refractivity contribution in [1.29, 1.82) is 0 Å². The third-order valence-corrected chi connectivity index (χ3v) is 1.11. The second-order valence-electron chi connectivity index (χ2n) is 2.14. The van der Waals surface area contributed by atoms with Crippen LogP contribution in [0.2, 0.25) is 0 Å².